The quantitative estimate of drug-likeness (QED) is 0.792. The Morgan fingerprint density at radius 3 is 2.61 bits per heavy atom. The Morgan fingerprint density at radius 1 is 1.18 bits per heavy atom. The third-order valence-electron chi connectivity index (χ3n) is 4.76. The zero-order valence-electron chi connectivity index (χ0n) is 16.2. The summed E-state index contributed by atoms with van der Waals surface area (Å²) < 4.78 is 28.4. The van der Waals surface area contributed by atoms with Gasteiger partial charge in [-0.1, -0.05) is 18.2 Å². The van der Waals surface area contributed by atoms with Crippen LogP contribution in [-0.4, -0.2) is 44.9 Å². The second-order valence-corrected chi connectivity index (χ2v) is 8.66. The average molecular weight is 424 g/mol. The molecule has 2 aromatic rings. The van der Waals surface area contributed by atoms with Crippen molar-refractivity contribution in [2.24, 2.45) is 0 Å². The number of anilines is 1. The molecule has 0 aromatic heterocycles. The van der Waals surface area contributed by atoms with Crippen LogP contribution in [0.2, 0.25) is 0 Å². The zero-order valence-corrected chi connectivity index (χ0v) is 17.9. The first-order valence-corrected chi connectivity index (χ1v) is 10.5. The van der Waals surface area contributed by atoms with Crippen molar-refractivity contribution in [2.45, 2.75) is 31.7 Å². The van der Waals surface area contributed by atoms with Crippen LogP contribution in [0.15, 0.2) is 47.4 Å². The highest BCUT2D eigenvalue weighted by Crippen LogP contribution is 2.22. The standard InChI is InChI=1S/C20H25N3O3S.ClH/c1-14-5-4-6-18(11-14)22-27(25,26)19-12-17(8-7-15(19)2)20(24)23-10-9-21-13-16(23)3;/h4-8,11-12,16,21-22H,9-10,13H2,1-3H3;1H. The number of aryl methyl sites for hydroxylation is 2. The highest BCUT2D eigenvalue weighted by atomic mass is 35.5. The summed E-state index contributed by atoms with van der Waals surface area (Å²) in [6, 6.07) is 12.1. The van der Waals surface area contributed by atoms with E-state index in [4.69, 9.17) is 0 Å². The summed E-state index contributed by atoms with van der Waals surface area (Å²) in [7, 11) is -3.79. The van der Waals surface area contributed by atoms with E-state index in [0.29, 0.717) is 23.4 Å². The number of benzene rings is 2. The van der Waals surface area contributed by atoms with Gasteiger partial charge >= 0.3 is 0 Å². The molecule has 2 N–H and O–H groups in total. The molecule has 1 heterocycles. The van der Waals surface area contributed by atoms with Crippen molar-refractivity contribution >= 4 is 34.0 Å². The maximum atomic E-state index is 12.9. The number of sulfonamides is 1. The smallest absolute Gasteiger partial charge is 0.262 e. The number of amides is 1. The van der Waals surface area contributed by atoms with Crippen LogP contribution in [0.4, 0.5) is 5.69 Å². The Kier molecular flexibility index (Phi) is 7.09. The second kappa shape index (κ2) is 8.94. The van der Waals surface area contributed by atoms with Crippen LogP contribution in [0.25, 0.3) is 0 Å². The maximum absolute atomic E-state index is 12.9. The normalized spacial score (nSPS) is 17.0. The van der Waals surface area contributed by atoms with E-state index >= 15 is 0 Å². The number of nitrogens with zero attached hydrogens (tertiary/aromatic N) is 1. The van der Waals surface area contributed by atoms with Gasteiger partial charge in [-0.3, -0.25) is 9.52 Å². The van der Waals surface area contributed by atoms with Gasteiger partial charge in [0.25, 0.3) is 15.9 Å². The van der Waals surface area contributed by atoms with Gasteiger partial charge in [0, 0.05) is 36.9 Å². The minimum Gasteiger partial charge on any atom is -0.333 e. The Bertz CT molecular complexity index is 963. The topological polar surface area (TPSA) is 78.5 Å². The highest BCUT2D eigenvalue weighted by molar-refractivity contribution is 7.92. The number of nitrogens with one attached hydrogen (secondary N) is 2. The molecule has 8 heteroatoms. The minimum absolute atomic E-state index is 0. The van der Waals surface area contributed by atoms with Crippen LogP contribution < -0.4 is 10.0 Å². The molecule has 1 aliphatic rings. The lowest BCUT2D eigenvalue weighted by molar-refractivity contribution is 0.0655. The summed E-state index contributed by atoms with van der Waals surface area (Å²) in [5.74, 6) is -0.143. The van der Waals surface area contributed by atoms with Gasteiger partial charge in [-0.15, -0.1) is 12.4 Å². The lowest BCUT2D eigenvalue weighted by Gasteiger charge is -2.34. The SMILES string of the molecule is Cc1cccc(NS(=O)(=O)c2cc(C(=O)N3CCNCC3C)ccc2C)c1.Cl. The molecule has 1 unspecified atom stereocenters. The lowest BCUT2D eigenvalue weighted by atomic mass is 10.1. The minimum atomic E-state index is -3.79. The van der Waals surface area contributed by atoms with Crippen molar-refractivity contribution in [3.05, 3.63) is 59.2 Å². The van der Waals surface area contributed by atoms with Crippen molar-refractivity contribution in [3.8, 4) is 0 Å². The summed E-state index contributed by atoms with van der Waals surface area (Å²) in [5, 5.41) is 3.25. The predicted molar refractivity (Wildman–Crippen MR) is 114 cm³/mol. The Hall–Kier alpha value is -2.09. The van der Waals surface area contributed by atoms with Gasteiger partial charge in [0.15, 0.2) is 0 Å². The number of carbonyl (C=O) groups is 1. The molecule has 0 spiro atoms. The van der Waals surface area contributed by atoms with Crippen LogP contribution in [0.3, 0.4) is 0 Å². The van der Waals surface area contributed by atoms with Crippen molar-refractivity contribution in [1.82, 2.24) is 10.2 Å². The van der Waals surface area contributed by atoms with Gasteiger partial charge in [0.2, 0.25) is 0 Å². The van der Waals surface area contributed by atoms with Crippen molar-refractivity contribution in [2.75, 3.05) is 24.4 Å². The van der Waals surface area contributed by atoms with Crippen LogP contribution in [0.1, 0.15) is 28.4 Å². The molecule has 152 valence electrons. The van der Waals surface area contributed by atoms with E-state index in [9.17, 15) is 13.2 Å². The van der Waals surface area contributed by atoms with Crippen molar-refractivity contribution < 1.29 is 13.2 Å². The molecule has 2 aromatic carbocycles. The molecule has 0 bridgehead atoms. The fourth-order valence-corrected chi connectivity index (χ4v) is 4.57. The van der Waals surface area contributed by atoms with E-state index in [1.54, 1.807) is 42.2 Å². The van der Waals surface area contributed by atoms with Gasteiger partial charge in [-0.25, -0.2) is 8.42 Å². The van der Waals surface area contributed by atoms with Gasteiger partial charge in [0.1, 0.15) is 0 Å². The number of hydrogen-bond donors (Lipinski definition) is 2. The van der Waals surface area contributed by atoms with Crippen molar-refractivity contribution in [3.63, 3.8) is 0 Å². The Labute approximate surface area is 172 Å². The van der Waals surface area contributed by atoms with Gasteiger partial charge < -0.3 is 10.2 Å². The van der Waals surface area contributed by atoms with Gasteiger partial charge in [0.05, 0.1) is 4.90 Å². The zero-order chi connectivity index (χ0) is 19.6. The summed E-state index contributed by atoms with van der Waals surface area (Å²) in [6.45, 7) is 7.69. The fourth-order valence-electron chi connectivity index (χ4n) is 3.25. The first-order chi connectivity index (χ1) is 12.8. The molecule has 28 heavy (non-hydrogen) atoms. The fraction of sp³-hybridized carbons (Fsp3) is 0.350. The van der Waals surface area contributed by atoms with Crippen LogP contribution in [0.5, 0.6) is 0 Å². The van der Waals surface area contributed by atoms with E-state index in [1.807, 2.05) is 19.9 Å². The van der Waals surface area contributed by atoms with E-state index in [1.165, 1.54) is 6.07 Å². The van der Waals surface area contributed by atoms with E-state index in [2.05, 4.69) is 10.0 Å². The second-order valence-electron chi connectivity index (χ2n) is 7.01. The molecule has 0 aliphatic carbocycles. The number of piperazine rings is 1. The first-order valence-electron chi connectivity index (χ1n) is 9.00. The molecule has 1 fully saturated rings. The van der Waals surface area contributed by atoms with Gasteiger partial charge in [-0.2, -0.15) is 0 Å². The van der Waals surface area contributed by atoms with Crippen LogP contribution in [-0.2, 0) is 10.0 Å². The number of hydrogen-bond acceptors (Lipinski definition) is 4. The molecule has 1 saturated heterocycles. The third kappa shape index (κ3) is 4.84. The Morgan fingerprint density at radius 2 is 1.93 bits per heavy atom. The average Bonchev–Trinajstić information content (AvgIpc) is 2.61. The monoisotopic (exact) mass is 423 g/mol. The summed E-state index contributed by atoms with van der Waals surface area (Å²) in [4.78, 5) is 14.8. The molecular weight excluding hydrogens is 398 g/mol. The van der Waals surface area contributed by atoms with Crippen LogP contribution in [0, 0.1) is 13.8 Å². The molecular formula is C20H26ClN3O3S. The van der Waals surface area contributed by atoms with Gasteiger partial charge in [-0.05, 0) is 56.2 Å². The molecule has 0 saturated carbocycles. The molecule has 1 aliphatic heterocycles. The molecule has 1 amide bonds. The van der Waals surface area contributed by atoms with E-state index in [-0.39, 0.29) is 29.3 Å². The largest absolute Gasteiger partial charge is 0.333 e. The number of rotatable bonds is 4. The molecule has 1 atom stereocenters. The summed E-state index contributed by atoms with van der Waals surface area (Å²) in [6.07, 6.45) is 0. The van der Waals surface area contributed by atoms with E-state index < -0.39 is 10.0 Å². The number of halogens is 1. The Balaban J connectivity index is 0.00000280. The predicted octanol–water partition coefficient (Wildman–Crippen LogP) is 2.96. The molecule has 0 radical (unpaired) electrons. The van der Waals surface area contributed by atoms with Crippen molar-refractivity contribution in [1.29, 1.82) is 0 Å². The summed E-state index contributed by atoms with van der Waals surface area (Å²) >= 11 is 0. The first kappa shape index (κ1) is 22.2. The highest BCUT2D eigenvalue weighted by Gasteiger charge is 2.26. The maximum Gasteiger partial charge on any atom is 0.262 e. The lowest BCUT2D eigenvalue weighted by Crippen LogP contribution is -2.52. The summed E-state index contributed by atoms with van der Waals surface area (Å²) in [5.41, 5.74) is 2.45. The molecule has 6 nitrogen and oxygen atoms in total. The third-order valence-corrected chi connectivity index (χ3v) is 6.28. The van der Waals surface area contributed by atoms with Crippen LogP contribution >= 0.6 is 12.4 Å². The molecule has 3 rings (SSSR count). The van der Waals surface area contributed by atoms with E-state index in [0.717, 1.165) is 18.7 Å². The number of carbonyl (C=O) groups excluding carboxylic acids is 1.